The highest BCUT2D eigenvalue weighted by molar-refractivity contribution is 8.00. The molecule has 0 bridgehead atoms. The van der Waals surface area contributed by atoms with Crippen molar-refractivity contribution in [1.29, 1.82) is 0 Å². The van der Waals surface area contributed by atoms with Gasteiger partial charge >= 0.3 is 5.97 Å². The molecule has 0 aliphatic heterocycles. The normalized spacial score (nSPS) is 13.1. The molecule has 39 heavy (non-hydrogen) atoms. The lowest BCUT2D eigenvalue weighted by Gasteiger charge is -2.16. The van der Waals surface area contributed by atoms with Crippen LogP contribution in [0.4, 0.5) is 10.7 Å². The molecule has 1 aliphatic carbocycles. The first-order valence-corrected chi connectivity index (χ1v) is 14.4. The Balaban J connectivity index is 1.46. The number of methoxy groups -OCH3 is 3. The van der Waals surface area contributed by atoms with Gasteiger partial charge in [-0.2, -0.15) is 0 Å². The van der Waals surface area contributed by atoms with Crippen LogP contribution >= 0.6 is 23.1 Å². The minimum atomic E-state index is -0.414. The number of hydrogen-bond donors (Lipinski definition) is 2. The molecule has 0 fully saturated rings. The van der Waals surface area contributed by atoms with Gasteiger partial charge in [-0.25, -0.2) is 4.79 Å². The average Bonchev–Trinajstić information content (AvgIpc) is 3.32. The number of anilines is 2. The Hall–Kier alpha value is -3.50. The van der Waals surface area contributed by atoms with E-state index in [9.17, 15) is 14.4 Å². The molecule has 1 heterocycles. The zero-order chi connectivity index (χ0) is 27.9. The molecule has 206 valence electrons. The first-order valence-electron chi connectivity index (χ1n) is 12.7. The lowest BCUT2D eigenvalue weighted by Crippen LogP contribution is -2.25. The Kier molecular flexibility index (Phi) is 9.53. The standard InChI is InChI=1S/C29H32N2O6S2/c1-5-23(27(33)31-28-25(29(34)37-4)20-11-6-7-12-24(20)39-28)38-19-10-8-9-18(16-19)30-26(32)17-13-14-21(35-2)22(15-17)36-3/h8-10,13-16,23H,5-7,11-12H2,1-4H3,(H,30,32)(H,31,33). The van der Waals surface area contributed by atoms with E-state index in [-0.39, 0.29) is 11.8 Å². The van der Waals surface area contributed by atoms with Gasteiger partial charge < -0.3 is 24.8 Å². The highest BCUT2D eigenvalue weighted by atomic mass is 32.2. The predicted molar refractivity (Wildman–Crippen MR) is 155 cm³/mol. The molecule has 1 atom stereocenters. The molecule has 0 spiro atoms. The van der Waals surface area contributed by atoms with Gasteiger partial charge in [0.25, 0.3) is 5.91 Å². The Morgan fingerprint density at radius 3 is 2.46 bits per heavy atom. The number of thioether (sulfide) groups is 1. The summed E-state index contributed by atoms with van der Waals surface area (Å²) in [6.07, 6.45) is 4.41. The van der Waals surface area contributed by atoms with E-state index in [0.717, 1.165) is 41.0 Å². The Bertz CT molecular complexity index is 1370. The highest BCUT2D eigenvalue weighted by Crippen LogP contribution is 2.39. The van der Waals surface area contributed by atoms with E-state index in [2.05, 4.69) is 10.6 Å². The zero-order valence-electron chi connectivity index (χ0n) is 22.4. The number of rotatable bonds is 10. The van der Waals surface area contributed by atoms with E-state index in [0.29, 0.717) is 39.7 Å². The van der Waals surface area contributed by atoms with Gasteiger partial charge in [0.15, 0.2) is 11.5 Å². The third-order valence-electron chi connectivity index (χ3n) is 6.48. The van der Waals surface area contributed by atoms with Crippen LogP contribution in [0.5, 0.6) is 11.5 Å². The van der Waals surface area contributed by atoms with Crippen LogP contribution < -0.4 is 20.1 Å². The molecular formula is C29H32N2O6S2. The number of esters is 1. The molecule has 0 saturated carbocycles. The molecule has 2 aromatic carbocycles. The third-order valence-corrected chi connectivity index (χ3v) is 9.04. The molecule has 1 aromatic heterocycles. The largest absolute Gasteiger partial charge is 0.493 e. The summed E-state index contributed by atoms with van der Waals surface area (Å²) >= 11 is 2.88. The molecule has 2 amide bonds. The number of ether oxygens (including phenoxy) is 3. The number of amides is 2. The minimum absolute atomic E-state index is 0.175. The topological polar surface area (TPSA) is 103 Å². The molecule has 2 N–H and O–H groups in total. The minimum Gasteiger partial charge on any atom is -0.493 e. The fourth-order valence-electron chi connectivity index (χ4n) is 4.48. The molecule has 3 aromatic rings. The number of carbonyl (C=O) groups is 3. The van der Waals surface area contributed by atoms with Gasteiger partial charge in [0.05, 0.1) is 32.1 Å². The van der Waals surface area contributed by atoms with Crippen LogP contribution in [0.1, 0.15) is 57.3 Å². The summed E-state index contributed by atoms with van der Waals surface area (Å²) in [5.74, 6) is 0.125. The van der Waals surface area contributed by atoms with Crippen molar-refractivity contribution in [3.63, 3.8) is 0 Å². The fourth-order valence-corrected chi connectivity index (χ4v) is 6.77. The van der Waals surface area contributed by atoms with Crippen LogP contribution in [0.25, 0.3) is 0 Å². The van der Waals surface area contributed by atoms with E-state index in [1.54, 1.807) is 24.3 Å². The van der Waals surface area contributed by atoms with Crippen LogP contribution in [0, 0.1) is 0 Å². The summed E-state index contributed by atoms with van der Waals surface area (Å²) in [6, 6.07) is 12.3. The summed E-state index contributed by atoms with van der Waals surface area (Å²) in [5, 5.41) is 6.08. The van der Waals surface area contributed by atoms with Crippen molar-refractivity contribution in [3.05, 3.63) is 64.0 Å². The highest BCUT2D eigenvalue weighted by Gasteiger charge is 2.28. The Morgan fingerprint density at radius 2 is 1.74 bits per heavy atom. The summed E-state index contributed by atoms with van der Waals surface area (Å²) < 4.78 is 15.6. The number of aryl methyl sites for hydroxylation is 1. The van der Waals surface area contributed by atoms with Crippen LogP contribution in [0.15, 0.2) is 47.4 Å². The molecule has 0 radical (unpaired) electrons. The van der Waals surface area contributed by atoms with Gasteiger partial charge in [-0.3, -0.25) is 9.59 Å². The molecule has 0 saturated heterocycles. The Labute approximate surface area is 236 Å². The molecule has 10 heteroatoms. The molecule has 8 nitrogen and oxygen atoms in total. The maximum Gasteiger partial charge on any atom is 0.341 e. The van der Waals surface area contributed by atoms with Gasteiger partial charge in [0, 0.05) is 21.0 Å². The van der Waals surface area contributed by atoms with Crippen molar-refractivity contribution in [3.8, 4) is 11.5 Å². The van der Waals surface area contributed by atoms with Crippen LogP contribution in [-0.2, 0) is 22.4 Å². The van der Waals surface area contributed by atoms with Gasteiger partial charge in [0.2, 0.25) is 5.91 Å². The number of benzene rings is 2. The predicted octanol–water partition coefficient (Wildman–Crippen LogP) is 6.19. The quantitative estimate of drug-likeness (QED) is 0.222. The van der Waals surface area contributed by atoms with Gasteiger partial charge in [-0.15, -0.1) is 23.1 Å². The monoisotopic (exact) mass is 568 g/mol. The van der Waals surface area contributed by atoms with E-state index in [1.165, 1.54) is 44.4 Å². The van der Waals surface area contributed by atoms with Gasteiger partial charge in [0.1, 0.15) is 5.00 Å². The summed E-state index contributed by atoms with van der Waals surface area (Å²) in [4.78, 5) is 40.7. The smallest absolute Gasteiger partial charge is 0.341 e. The summed E-state index contributed by atoms with van der Waals surface area (Å²) in [7, 11) is 4.42. The number of thiophene rings is 1. The molecule has 4 rings (SSSR count). The molecular weight excluding hydrogens is 536 g/mol. The zero-order valence-corrected chi connectivity index (χ0v) is 24.1. The fraction of sp³-hybridized carbons (Fsp3) is 0.345. The Morgan fingerprint density at radius 1 is 0.974 bits per heavy atom. The van der Waals surface area contributed by atoms with Crippen LogP contribution in [0.2, 0.25) is 0 Å². The lowest BCUT2D eigenvalue weighted by atomic mass is 9.95. The van der Waals surface area contributed by atoms with Crippen molar-refractivity contribution in [2.45, 2.75) is 49.2 Å². The molecule has 1 unspecified atom stereocenters. The van der Waals surface area contributed by atoms with Crippen LogP contribution in [-0.4, -0.2) is 44.4 Å². The van der Waals surface area contributed by atoms with Crippen molar-refractivity contribution < 1.29 is 28.6 Å². The number of nitrogens with one attached hydrogen (secondary N) is 2. The third kappa shape index (κ3) is 6.57. The van der Waals surface area contributed by atoms with Gasteiger partial charge in [-0.05, 0) is 74.1 Å². The first-order chi connectivity index (χ1) is 18.9. The molecule has 1 aliphatic rings. The van der Waals surface area contributed by atoms with Crippen molar-refractivity contribution in [2.75, 3.05) is 32.0 Å². The lowest BCUT2D eigenvalue weighted by molar-refractivity contribution is -0.115. The maximum atomic E-state index is 13.3. The first kappa shape index (κ1) is 28.5. The van der Waals surface area contributed by atoms with Crippen molar-refractivity contribution >= 4 is 51.6 Å². The van der Waals surface area contributed by atoms with E-state index < -0.39 is 11.2 Å². The average molecular weight is 569 g/mol. The summed E-state index contributed by atoms with van der Waals surface area (Å²) in [6.45, 7) is 1.95. The summed E-state index contributed by atoms with van der Waals surface area (Å²) in [5.41, 5.74) is 2.53. The van der Waals surface area contributed by atoms with Gasteiger partial charge in [-0.1, -0.05) is 13.0 Å². The van der Waals surface area contributed by atoms with Crippen molar-refractivity contribution in [2.24, 2.45) is 0 Å². The van der Waals surface area contributed by atoms with E-state index in [1.807, 2.05) is 25.1 Å². The second-order valence-electron chi connectivity index (χ2n) is 8.96. The van der Waals surface area contributed by atoms with E-state index in [4.69, 9.17) is 14.2 Å². The maximum absolute atomic E-state index is 13.3. The van der Waals surface area contributed by atoms with Crippen molar-refractivity contribution in [1.82, 2.24) is 0 Å². The second kappa shape index (κ2) is 13.0. The number of carbonyl (C=O) groups excluding carboxylic acids is 3. The number of fused-ring (bicyclic) bond motifs is 1. The second-order valence-corrected chi connectivity index (χ2v) is 11.3. The van der Waals surface area contributed by atoms with Crippen LogP contribution in [0.3, 0.4) is 0 Å². The van der Waals surface area contributed by atoms with E-state index >= 15 is 0 Å². The number of hydrogen-bond acceptors (Lipinski definition) is 8. The SMILES string of the molecule is CCC(Sc1cccc(NC(=O)c2ccc(OC)c(OC)c2)c1)C(=O)Nc1sc2c(c1C(=O)OC)CCCC2.